The van der Waals surface area contributed by atoms with Crippen molar-refractivity contribution in [1.29, 1.82) is 0 Å². The van der Waals surface area contributed by atoms with E-state index in [9.17, 15) is 0 Å². The van der Waals surface area contributed by atoms with Crippen molar-refractivity contribution in [3.63, 3.8) is 0 Å². The Kier molecular flexibility index (Phi) is 3.03. The fourth-order valence-electron chi connectivity index (χ4n) is 1.64. The molecule has 0 radical (unpaired) electrons. The summed E-state index contributed by atoms with van der Waals surface area (Å²) in [5.74, 6) is 0.521. The lowest BCUT2D eigenvalue weighted by Crippen LogP contribution is -1.96. The number of aromatic amines is 2. The summed E-state index contributed by atoms with van der Waals surface area (Å²) in [6.45, 7) is 0. The highest BCUT2D eigenvalue weighted by molar-refractivity contribution is 7.71. The first kappa shape index (κ1) is 11.5. The quantitative estimate of drug-likeness (QED) is 0.388. The summed E-state index contributed by atoms with van der Waals surface area (Å²) >= 11 is 5.03. The number of H-pyrrole nitrogens is 2. The summed E-state index contributed by atoms with van der Waals surface area (Å²) in [6, 6.07) is 9.77. The summed E-state index contributed by atoms with van der Waals surface area (Å²) in [5.41, 5.74) is 5.23. The summed E-state index contributed by atoms with van der Waals surface area (Å²) in [6.07, 6.45) is 3.28. The predicted molar refractivity (Wildman–Crippen MR) is 76.7 cm³/mol. The number of nitrogens with one attached hydrogen (secondary N) is 3. The molecule has 0 atom stereocenters. The van der Waals surface area contributed by atoms with E-state index in [1.54, 1.807) is 12.5 Å². The Labute approximate surface area is 113 Å². The average molecular weight is 270 g/mol. The molecule has 0 spiro atoms. The molecule has 19 heavy (non-hydrogen) atoms. The van der Waals surface area contributed by atoms with Gasteiger partial charge in [-0.05, 0) is 17.8 Å². The van der Waals surface area contributed by atoms with Crippen molar-refractivity contribution in [3.05, 3.63) is 47.0 Å². The van der Waals surface area contributed by atoms with Gasteiger partial charge in [0, 0.05) is 0 Å². The lowest BCUT2D eigenvalue weighted by Gasteiger charge is -1.99. The van der Waals surface area contributed by atoms with Crippen LogP contribution in [0.15, 0.2) is 41.8 Å². The van der Waals surface area contributed by atoms with Crippen LogP contribution in [-0.2, 0) is 0 Å². The molecule has 2 aromatic heterocycles. The number of hydrogen-bond donors (Lipinski definition) is 3. The molecular weight excluding hydrogens is 260 g/mol. The van der Waals surface area contributed by atoms with Crippen LogP contribution in [0.3, 0.4) is 0 Å². The first-order chi connectivity index (χ1) is 9.33. The third-order valence-electron chi connectivity index (χ3n) is 2.49. The van der Waals surface area contributed by atoms with Gasteiger partial charge in [0.25, 0.3) is 0 Å². The van der Waals surface area contributed by atoms with E-state index in [4.69, 9.17) is 12.2 Å². The molecule has 0 saturated carbocycles. The zero-order chi connectivity index (χ0) is 13.1. The molecule has 0 saturated heterocycles. The SMILES string of the molecule is S=c1nc(NN=Cc2ccccc2)c2nc[nH]c2[nH]1. The monoisotopic (exact) mass is 270 g/mol. The molecule has 3 N–H and O–H groups in total. The maximum atomic E-state index is 5.03. The molecule has 2 heterocycles. The van der Waals surface area contributed by atoms with Crippen LogP contribution in [-0.4, -0.2) is 26.2 Å². The van der Waals surface area contributed by atoms with Crippen molar-refractivity contribution < 1.29 is 0 Å². The maximum Gasteiger partial charge on any atom is 0.200 e. The third-order valence-corrected chi connectivity index (χ3v) is 2.69. The van der Waals surface area contributed by atoms with Gasteiger partial charge in [0.2, 0.25) is 4.77 Å². The zero-order valence-electron chi connectivity index (χ0n) is 9.79. The normalized spacial score (nSPS) is 11.2. The second-order valence-corrected chi connectivity index (χ2v) is 4.18. The largest absolute Gasteiger partial charge is 0.331 e. The minimum atomic E-state index is 0.370. The van der Waals surface area contributed by atoms with Crippen molar-refractivity contribution in [2.45, 2.75) is 0 Å². The van der Waals surface area contributed by atoms with Crippen LogP contribution >= 0.6 is 12.2 Å². The molecule has 0 aliphatic heterocycles. The number of benzene rings is 1. The zero-order valence-corrected chi connectivity index (χ0v) is 10.6. The van der Waals surface area contributed by atoms with Crippen LogP contribution in [0.2, 0.25) is 0 Å². The van der Waals surface area contributed by atoms with Gasteiger partial charge < -0.3 is 9.97 Å². The van der Waals surface area contributed by atoms with Gasteiger partial charge in [-0.15, -0.1) is 0 Å². The lowest BCUT2D eigenvalue weighted by atomic mass is 10.2. The minimum absolute atomic E-state index is 0.370. The van der Waals surface area contributed by atoms with E-state index in [0.29, 0.717) is 16.1 Å². The van der Waals surface area contributed by atoms with Crippen LogP contribution in [0.25, 0.3) is 11.2 Å². The van der Waals surface area contributed by atoms with Gasteiger partial charge in [-0.3, -0.25) is 5.43 Å². The van der Waals surface area contributed by atoms with E-state index in [1.807, 2.05) is 30.3 Å². The molecule has 3 aromatic rings. The van der Waals surface area contributed by atoms with E-state index >= 15 is 0 Å². The van der Waals surface area contributed by atoms with Crippen LogP contribution in [0, 0.1) is 4.77 Å². The van der Waals surface area contributed by atoms with E-state index in [2.05, 4.69) is 30.5 Å². The van der Waals surface area contributed by atoms with E-state index in [-0.39, 0.29) is 0 Å². The Bertz CT molecular complexity index is 774. The van der Waals surface area contributed by atoms with Crippen molar-refractivity contribution in [2.24, 2.45) is 5.10 Å². The molecule has 0 bridgehead atoms. The molecular formula is C12H10N6S. The highest BCUT2D eigenvalue weighted by Gasteiger charge is 2.04. The van der Waals surface area contributed by atoms with Gasteiger partial charge in [0.1, 0.15) is 11.2 Å². The average Bonchev–Trinajstić information content (AvgIpc) is 2.88. The molecule has 0 aliphatic carbocycles. The highest BCUT2D eigenvalue weighted by Crippen LogP contribution is 2.14. The van der Waals surface area contributed by atoms with Crippen molar-refractivity contribution in [1.82, 2.24) is 19.9 Å². The number of imidazole rings is 1. The number of fused-ring (bicyclic) bond motifs is 1. The smallest absolute Gasteiger partial charge is 0.200 e. The fraction of sp³-hybridized carbons (Fsp3) is 0. The Balaban J connectivity index is 1.88. The van der Waals surface area contributed by atoms with Crippen LogP contribution in [0.1, 0.15) is 5.56 Å². The van der Waals surface area contributed by atoms with Gasteiger partial charge in [-0.1, -0.05) is 30.3 Å². The lowest BCUT2D eigenvalue weighted by molar-refractivity contribution is 1.14. The Morgan fingerprint density at radius 1 is 1.26 bits per heavy atom. The summed E-state index contributed by atoms with van der Waals surface area (Å²) in [4.78, 5) is 14.2. The van der Waals surface area contributed by atoms with Gasteiger partial charge in [-0.2, -0.15) is 10.1 Å². The van der Waals surface area contributed by atoms with E-state index in [1.165, 1.54) is 0 Å². The maximum absolute atomic E-state index is 5.03. The van der Waals surface area contributed by atoms with Crippen LogP contribution < -0.4 is 5.43 Å². The van der Waals surface area contributed by atoms with Gasteiger partial charge in [0.05, 0.1) is 12.5 Å². The van der Waals surface area contributed by atoms with Gasteiger partial charge in [-0.25, -0.2) is 4.98 Å². The van der Waals surface area contributed by atoms with E-state index in [0.717, 1.165) is 11.2 Å². The Hall–Kier alpha value is -2.54. The summed E-state index contributed by atoms with van der Waals surface area (Å²) in [5, 5.41) is 4.13. The molecule has 0 unspecified atom stereocenters. The summed E-state index contributed by atoms with van der Waals surface area (Å²) < 4.78 is 0.370. The highest BCUT2D eigenvalue weighted by atomic mass is 32.1. The van der Waals surface area contributed by atoms with Crippen LogP contribution in [0.5, 0.6) is 0 Å². The summed E-state index contributed by atoms with van der Waals surface area (Å²) in [7, 11) is 0. The van der Waals surface area contributed by atoms with Gasteiger partial charge >= 0.3 is 0 Å². The standard InChI is InChI=1S/C12H10N6S/c19-12-16-10-9(13-7-14-10)11(17-12)18-15-6-8-4-2-1-3-5-8/h1-7H,(H3,13,14,16,17,18,19). The number of hydrazone groups is 1. The molecule has 6 nitrogen and oxygen atoms in total. The molecule has 3 rings (SSSR count). The van der Waals surface area contributed by atoms with Crippen LogP contribution in [0.4, 0.5) is 5.82 Å². The number of hydrogen-bond acceptors (Lipinski definition) is 5. The molecule has 0 amide bonds. The van der Waals surface area contributed by atoms with Crippen molar-refractivity contribution >= 4 is 35.4 Å². The molecule has 7 heteroatoms. The first-order valence-electron chi connectivity index (χ1n) is 5.60. The van der Waals surface area contributed by atoms with Crippen molar-refractivity contribution in [2.75, 3.05) is 5.43 Å². The van der Waals surface area contributed by atoms with Gasteiger partial charge in [0.15, 0.2) is 5.82 Å². The molecule has 0 aliphatic rings. The fourth-order valence-corrected chi connectivity index (χ4v) is 1.84. The second kappa shape index (κ2) is 4.99. The molecule has 1 aromatic carbocycles. The van der Waals surface area contributed by atoms with E-state index < -0.39 is 0 Å². The Morgan fingerprint density at radius 3 is 2.95 bits per heavy atom. The minimum Gasteiger partial charge on any atom is -0.331 e. The number of nitrogens with zero attached hydrogens (tertiary/aromatic N) is 3. The number of anilines is 1. The molecule has 94 valence electrons. The Morgan fingerprint density at radius 2 is 2.11 bits per heavy atom. The number of aromatic nitrogens is 4. The molecule has 0 fully saturated rings. The predicted octanol–water partition coefficient (Wildman–Crippen LogP) is 2.46. The second-order valence-electron chi connectivity index (χ2n) is 3.80. The van der Waals surface area contributed by atoms with Crippen molar-refractivity contribution in [3.8, 4) is 0 Å². The topological polar surface area (TPSA) is 81.8 Å². The first-order valence-corrected chi connectivity index (χ1v) is 6.01. The third kappa shape index (κ3) is 2.50. The number of rotatable bonds is 3.